The Bertz CT molecular complexity index is 422. The highest BCUT2D eigenvalue weighted by molar-refractivity contribution is 7.13. The maximum atomic E-state index is 10.8. The van der Waals surface area contributed by atoms with Gasteiger partial charge in [-0.2, -0.15) is 0 Å². The number of nitrogens with zero attached hydrogens (tertiary/aromatic N) is 2. The molecular formula is C13H20N2O3S. The molecule has 2 heterocycles. The number of hydrogen-bond donors (Lipinski definition) is 2. The highest BCUT2D eigenvalue weighted by Crippen LogP contribution is 2.19. The van der Waals surface area contributed by atoms with Crippen LogP contribution in [0.3, 0.4) is 0 Å². The molecule has 1 aromatic rings. The third kappa shape index (κ3) is 4.28. The van der Waals surface area contributed by atoms with E-state index in [1.165, 1.54) is 11.3 Å². The minimum absolute atomic E-state index is 0.215. The molecule has 0 unspecified atom stereocenters. The second kappa shape index (κ2) is 7.00. The standard InChI is InChI=1S/C13H20N2O3S/c16-9-8-14-4-1-5-15(7-6-14)10-11-2-3-12(19-11)13(17)18/h2-3,16H,1,4-10H2,(H,17,18). The van der Waals surface area contributed by atoms with Crippen molar-refractivity contribution in [2.45, 2.75) is 13.0 Å². The number of aliphatic hydroxyl groups is 1. The number of aliphatic hydroxyl groups excluding tert-OH is 1. The number of thiophene rings is 1. The maximum absolute atomic E-state index is 10.8. The molecule has 0 radical (unpaired) electrons. The molecule has 5 nitrogen and oxygen atoms in total. The van der Waals surface area contributed by atoms with Gasteiger partial charge in [-0.25, -0.2) is 4.79 Å². The molecule has 1 aliphatic heterocycles. The van der Waals surface area contributed by atoms with Crippen LogP contribution in [0.1, 0.15) is 21.0 Å². The predicted molar refractivity (Wildman–Crippen MR) is 74.7 cm³/mol. The van der Waals surface area contributed by atoms with Gasteiger partial charge in [-0.1, -0.05) is 0 Å². The Kier molecular flexibility index (Phi) is 5.33. The SMILES string of the molecule is O=C(O)c1ccc(CN2CCCN(CCO)CC2)s1. The van der Waals surface area contributed by atoms with Gasteiger partial charge in [0.1, 0.15) is 4.88 Å². The minimum atomic E-state index is -0.846. The van der Waals surface area contributed by atoms with Crippen LogP contribution in [0.4, 0.5) is 0 Å². The summed E-state index contributed by atoms with van der Waals surface area (Å²) in [6, 6.07) is 3.59. The monoisotopic (exact) mass is 284 g/mol. The molecule has 0 amide bonds. The molecule has 2 rings (SSSR count). The first-order valence-electron chi connectivity index (χ1n) is 6.56. The van der Waals surface area contributed by atoms with Crippen molar-refractivity contribution in [1.29, 1.82) is 0 Å². The highest BCUT2D eigenvalue weighted by Gasteiger charge is 2.15. The lowest BCUT2D eigenvalue weighted by Gasteiger charge is -2.20. The van der Waals surface area contributed by atoms with E-state index in [1.807, 2.05) is 6.07 Å². The van der Waals surface area contributed by atoms with Crippen LogP contribution < -0.4 is 0 Å². The number of β-amino-alcohol motifs (C(OH)–C–C–N with tert-alkyl or cyclic N) is 1. The fraction of sp³-hybridized carbons (Fsp3) is 0.615. The Morgan fingerprint density at radius 2 is 1.95 bits per heavy atom. The first-order chi connectivity index (χ1) is 9.19. The van der Waals surface area contributed by atoms with Crippen molar-refractivity contribution < 1.29 is 15.0 Å². The van der Waals surface area contributed by atoms with E-state index >= 15 is 0 Å². The van der Waals surface area contributed by atoms with Crippen molar-refractivity contribution in [3.05, 3.63) is 21.9 Å². The van der Waals surface area contributed by atoms with E-state index in [9.17, 15) is 4.79 Å². The fourth-order valence-electron chi connectivity index (χ4n) is 2.35. The first kappa shape index (κ1) is 14.5. The van der Waals surface area contributed by atoms with Crippen LogP contribution in [0.5, 0.6) is 0 Å². The summed E-state index contributed by atoms with van der Waals surface area (Å²) in [5, 5.41) is 17.9. The molecule has 1 fully saturated rings. The zero-order chi connectivity index (χ0) is 13.7. The number of rotatable bonds is 5. The van der Waals surface area contributed by atoms with Gasteiger partial charge in [-0.3, -0.25) is 9.80 Å². The van der Waals surface area contributed by atoms with Crippen molar-refractivity contribution in [3.8, 4) is 0 Å². The molecular weight excluding hydrogens is 264 g/mol. The van der Waals surface area contributed by atoms with Crippen molar-refractivity contribution in [3.63, 3.8) is 0 Å². The molecule has 0 aliphatic carbocycles. The van der Waals surface area contributed by atoms with Gasteiger partial charge in [0.25, 0.3) is 0 Å². The lowest BCUT2D eigenvalue weighted by molar-refractivity contribution is 0.0702. The zero-order valence-electron chi connectivity index (χ0n) is 10.9. The highest BCUT2D eigenvalue weighted by atomic mass is 32.1. The molecule has 0 atom stereocenters. The van der Waals surface area contributed by atoms with E-state index in [2.05, 4.69) is 9.80 Å². The number of aromatic carboxylic acids is 1. The van der Waals surface area contributed by atoms with Gasteiger partial charge in [-0.05, 0) is 31.6 Å². The molecule has 1 aliphatic rings. The average Bonchev–Trinajstić information content (AvgIpc) is 2.73. The van der Waals surface area contributed by atoms with Gasteiger partial charge in [0.2, 0.25) is 0 Å². The summed E-state index contributed by atoms with van der Waals surface area (Å²) in [7, 11) is 0. The van der Waals surface area contributed by atoms with Gasteiger partial charge >= 0.3 is 5.97 Å². The fourth-order valence-corrected chi connectivity index (χ4v) is 3.23. The van der Waals surface area contributed by atoms with Crippen LogP contribution >= 0.6 is 11.3 Å². The van der Waals surface area contributed by atoms with Crippen molar-refractivity contribution in [1.82, 2.24) is 9.80 Å². The molecule has 2 N–H and O–H groups in total. The van der Waals surface area contributed by atoms with Crippen LogP contribution in [-0.2, 0) is 6.54 Å². The molecule has 1 aromatic heterocycles. The van der Waals surface area contributed by atoms with Gasteiger partial charge in [-0.15, -0.1) is 11.3 Å². The molecule has 0 aromatic carbocycles. The van der Waals surface area contributed by atoms with Crippen LogP contribution in [0, 0.1) is 0 Å². The second-order valence-electron chi connectivity index (χ2n) is 4.77. The van der Waals surface area contributed by atoms with Gasteiger partial charge in [0, 0.05) is 31.1 Å². The normalized spacial score (nSPS) is 18.4. The van der Waals surface area contributed by atoms with Gasteiger partial charge in [0.05, 0.1) is 6.61 Å². The van der Waals surface area contributed by atoms with E-state index < -0.39 is 5.97 Å². The molecule has 0 saturated carbocycles. The summed E-state index contributed by atoms with van der Waals surface area (Å²) in [6.07, 6.45) is 1.09. The largest absolute Gasteiger partial charge is 0.477 e. The maximum Gasteiger partial charge on any atom is 0.345 e. The van der Waals surface area contributed by atoms with Crippen molar-refractivity contribution in [2.24, 2.45) is 0 Å². The molecule has 0 bridgehead atoms. The number of carboxylic acids is 1. The molecule has 19 heavy (non-hydrogen) atoms. The first-order valence-corrected chi connectivity index (χ1v) is 7.38. The summed E-state index contributed by atoms with van der Waals surface area (Å²) in [5.74, 6) is -0.846. The summed E-state index contributed by atoms with van der Waals surface area (Å²) in [6.45, 7) is 5.79. The van der Waals surface area contributed by atoms with E-state index in [0.29, 0.717) is 4.88 Å². The van der Waals surface area contributed by atoms with E-state index in [4.69, 9.17) is 10.2 Å². The van der Waals surface area contributed by atoms with Crippen molar-refractivity contribution >= 4 is 17.3 Å². The third-order valence-electron chi connectivity index (χ3n) is 3.35. The molecule has 106 valence electrons. The van der Waals surface area contributed by atoms with Crippen LogP contribution in [0.15, 0.2) is 12.1 Å². The lowest BCUT2D eigenvalue weighted by atomic mass is 10.3. The third-order valence-corrected chi connectivity index (χ3v) is 4.41. The summed E-state index contributed by atoms with van der Waals surface area (Å²) >= 11 is 1.36. The Morgan fingerprint density at radius 3 is 2.63 bits per heavy atom. The van der Waals surface area contributed by atoms with Crippen LogP contribution in [0.2, 0.25) is 0 Å². The van der Waals surface area contributed by atoms with Crippen LogP contribution in [-0.4, -0.2) is 65.3 Å². The van der Waals surface area contributed by atoms with Gasteiger partial charge < -0.3 is 10.2 Å². The zero-order valence-corrected chi connectivity index (χ0v) is 11.7. The summed E-state index contributed by atoms with van der Waals surface area (Å²) in [4.78, 5) is 17.0. The topological polar surface area (TPSA) is 64.0 Å². The lowest BCUT2D eigenvalue weighted by Crippen LogP contribution is -2.32. The summed E-state index contributed by atoms with van der Waals surface area (Å²) in [5.41, 5.74) is 0. The number of carbonyl (C=O) groups is 1. The van der Waals surface area contributed by atoms with Gasteiger partial charge in [0.15, 0.2) is 0 Å². The Hall–Kier alpha value is -0.950. The predicted octanol–water partition coefficient (Wildman–Crippen LogP) is 0.946. The summed E-state index contributed by atoms with van der Waals surface area (Å²) < 4.78 is 0. The average molecular weight is 284 g/mol. The Morgan fingerprint density at radius 1 is 1.21 bits per heavy atom. The molecule has 0 spiro atoms. The van der Waals surface area contributed by atoms with E-state index in [1.54, 1.807) is 6.07 Å². The van der Waals surface area contributed by atoms with Crippen molar-refractivity contribution in [2.75, 3.05) is 39.3 Å². The van der Waals surface area contributed by atoms with E-state index in [0.717, 1.165) is 50.6 Å². The Labute approximate surface area is 117 Å². The quantitative estimate of drug-likeness (QED) is 0.843. The molecule has 6 heteroatoms. The number of hydrogen-bond acceptors (Lipinski definition) is 5. The molecule has 1 saturated heterocycles. The van der Waals surface area contributed by atoms with Crippen LogP contribution in [0.25, 0.3) is 0 Å². The van der Waals surface area contributed by atoms with E-state index in [-0.39, 0.29) is 6.61 Å². The smallest absolute Gasteiger partial charge is 0.345 e. The Balaban J connectivity index is 1.86. The second-order valence-corrected chi connectivity index (χ2v) is 5.93. The minimum Gasteiger partial charge on any atom is -0.477 e. The number of carboxylic acid groups (broad SMARTS) is 1.